The smallest absolute Gasteiger partial charge is 0.455 e. The van der Waals surface area contributed by atoms with E-state index >= 15 is 0 Å². The summed E-state index contributed by atoms with van der Waals surface area (Å²) in [5.41, 5.74) is 0. The Bertz CT molecular complexity index is 392. The molecule has 0 fully saturated rings. The number of rotatable bonds is 4. The van der Waals surface area contributed by atoms with Crippen LogP contribution in [0.1, 0.15) is 0 Å². The quantitative estimate of drug-likeness (QED) is 0.369. The van der Waals surface area contributed by atoms with Crippen molar-refractivity contribution in [3.63, 3.8) is 0 Å². The molecule has 0 heterocycles. The Morgan fingerprint density at radius 3 is 1.19 bits per heavy atom. The van der Waals surface area contributed by atoms with Crippen LogP contribution in [0.5, 0.6) is 0 Å². The second-order valence-electron chi connectivity index (χ2n) is 3.20. The van der Waals surface area contributed by atoms with Gasteiger partial charge in [0.1, 0.15) is 0 Å². The fourth-order valence-corrected chi connectivity index (χ4v) is 0.770. The molecule has 0 N–H and O–H groups in total. The van der Waals surface area contributed by atoms with E-state index in [2.05, 4.69) is 0 Å². The molecule has 0 radical (unpaired) electrons. The second-order valence-corrected chi connectivity index (χ2v) is 3.20. The molecule has 0 rings (SSSR count). The fraction of sp³-hybridized carbons (Fsp3) is 0.714. The van der Waals surface area contributed by atoms with Gasteiger partial charge >= 0.3 is 46.9 Å². The maximum absolute atomic E-state index is 12.5. The summed E-state index contributed by atoms with van der Waals surface area (Å²) in [6, 6.07) is 0. The Labute approximate surface area is 117 Å². The number of allylic oxidation sites excluding steroid dienone is 1. The average Bonchev–Trinajstić information content (AvgIpc) is 2.25. The molecule has 130 valence electrons. The molecule has 0 bridgehead atoms. The summed E-state index contributed by atoms with van der Waals surface area (Å²) in [6.45, 7) is 0. The van der Waals surface area contributed by atoms with Crippen molar-refractivity contribution in [3.8, 4) is 0 Å². The van der Waals surface area contributed by atoms with Crippen molar-refractivity contribution in [2.24, 2.45) is 0 Å². The minimum atomic E-state index is -7.77. The summed E-state index contributed by atoms with van der Waals surface area (Å²) in [6.07, 6.45) is -8.22. The van der Waals surface area contributed by atoms with Crippen LogP contribution in [-0.2, 0) is 17.1 Å². The third-order valence-corrected chi connectivity index (χ3v) is 1.90. The van der Waals surface area contributed by atoms with Gasteiger partial charge in [0.2, 0.25) is 0 Å². The van der Waals surface area contributed by atoms with E-state index in [1.807, 2.05) is 0 Å². The van der Waals surface area contributed by atoms with Gasteiger partial charge in [-0.25, -0.2) is 4.39 Å². The van der Waals surface area contributed by atoms with Crippen LogP contribution in [0.4, 0.5) is 57.1 Å². The molecule has 0 aromatic rings. The maximum atomic E-state index is 12.5. The first-order chi connectivity index (χ1) is 8.48. The monoisotopic (exact) mass is 394 g/mol. The van der Waals surface area contributed by atoms with Gasteiger partial charge in [-0.2, -0.15) is 48.3 Å². The van der Waals surface area contributed by atoms with Gasteiger partial charge in [0.25, 0.3) is 0 Å². The molecule has 0 amide bonds. The summed E-state index contributed by atoms with van der Waals surface area (Å²) in [5, 5.41) is 0. The van der Waals surface area contributed by atoms with E-state index in [1.165, 1.54) is 0 Å². The molecule has 0 aliphatic carbocycles. The summed E-state index contributed by atoms with van der Waals surface area (Å²) in [4.78, 5) is 0. The Morgan fingerprint density at radius 2 is 0.952 bits per heavy atom. The normalized spacial score (nSPS) is 15.8. The average molecular weight is 395 g/mol. The van der Waals surface area contributed by atoms with Gasteiger partial charge in [0, 0.05) is 5.83 Å². The van der Waals surface area contributed by atoms with E-state index in [4.69, 9.17) is 0 Å². The molecular formula is C7CuF13. The zero-order valence-corrected chi connectivity index (χ0v) is 9.66. The molecular weight excluding hydrogens is 395 g/mol. The Morgan fingerprint density at radius 1 is 0.619 bits per heavy atom. The predicted octanol–water partition coefficient (Wildman–Crippen LogP) is 4.67. The van der Waals surface area contributed by atoms with Gasteiger partial charge in [-0.3, -0.25) is 6.33 Å². The van der Waals surface area contributed by atoms with Gasteiger partial charge in [-0.15, -0.1) is 0 Å². The van der Waals surface area contributed by atoms with Crippen molar-refractivity contribution in [1.82, 2.24) is 0 Å². The van der Waals surface area contributed by atoms with Crippen molar-refractivity contribution in [3.05, 3.63) is 12.2 Å². The third-order valence-electron chi connectivity index (χ3n) is 1.90. The molecule has 0 aliphatic heterocycles. The molecule has 0 aromatic carbocycles. The van der Waals surface area contributed by atoms with Crippen molar-refractivity contribution < 1.29 is 74.1 Å². The molecule has 0 aromatic heterocycles. The van der Waals surface area contributed by atoms with Gasteiger partial charge in [-0.1, -0.05) is 0 Å². The van der Waals surface area contributed by atoms with Gasteiger partial charge in [-0.05, 0) is 0 Å². The van der Waals surface area contributed by atoms with E-state index in [1.54, 1.807) is 0 Å². The summed E-state index contributed by atoms with van der Waals surface area (Å²) < 4.78 is 157. The van der Waals surface area contributed by atoms with Crippen molar-refractivity contribution in [2.45, 2.75) is 29.9 Å². The van der Waals surface area contributed by atoms with E-state index in [0.29, 0.717) is 0 Å². The molecule has 0 unspecified atom stereocenters. The zero-order valence-electron chi connectivity index (χ0n) is 8.72. The van der Waals surface area contributed by atoms with Crippen LogP contribution in [-0.4, -0.2) is 29.9 Å². The maximum Gasteiger partial charge on any atom is 1.00 e. The zero-order chi connectivity index (χ0) is 16.8. The summed E-state index contributed by atoms with van der Waals surface area (Å²) in [5.74, 6) is -34.1. The van der Waals surface area contributed by atoms with E-state index < -0.39 is 42.0 Å². The number of hydrogen-bond acceptors (Lipinski definition) is 0. The molecule has 14 heteroatoms. The van der Waals surface area contributed by atoms with Crippen molar-refractivity contribution >= 4 is 0 Å². The first-order valence-electron chi connectivity index (χ1n) is 3.96. The molecule has 0 atom stereocenters. The number of hydrogen-bond donors (Lipinski definition) is 0. The van der Waals surface area contributed by atoms with Crippen LogP contribution in [0.2, 0.25) is 0 Å². The summed E-state index contributed by atoms with van der Waals surface area (Å²) >= 11 is 0. The van der Waals surface area contributed by atoms with Gasteiger partial charge in [0.05, 0.1) is 0 Å². The number of alkyl halides is 11. The standard InChI is InChI=1S/C7F13.Cu/c8-1-2(9)3(10,11)4(12,13)5(14,15)6(16,17)7(18,19)20;/q-1;+1. The Balaban J connectivity index is 0. The first-order valence-corrected chi connectivity index (χ1v) is 3.96. The fourth-order valence-electron chi connectivity index (χ4n) is 0.770. The van der Waals surface area contributed by atoms with Gasteiger partial charge < -0.3 is 4.39 Å². The molecule has 0 saturated carbocycles. The van der Waals surface area contributed by atoms with E-state index in [0.717, 1.165) is 0 Å². The minimum absolute atomic E-state index is 0. The van der Waals surface area contributed by atoms with E-state index in [9.17, 15) is 57.1 Å². The SMILES string of the molecule is F[C-]=C(F)C(F)(F)C(F)(F)C(F)(F)C(F)(F)C(F)(F)F.[Cu+]. The molecule has 21 heavy (non-hydrogen) atoms. The molecule has 0 aliphatic rings. The van der Waals surface area contributed by atoms with Gasteiger partial charge in [0.15, 0.2) is 0 Å². The van der Waals surface area contributed by atoms with Crippen LogP contribution < -0.4 is 0 Å². The molecule has 0 spiro atoms. The van der Waals surface area contributed by atoms with Crippen LogP contribution in [0, 0.1) is 6.33 Å². The van der Waals surface area contributed by atoms with Crippen LogP contribution >= 0.6 is 0 Å². The Kier molecular flexibility index (Phi) is 6.31. The second kappa shape index (κ2) is 5.86. The van der Waals surface area contributed by atoms with Crippen molar-refractivity contribution in [2.75, 3.05) is 0 Å². The first kappa shape index (κ1) is 22.6. The Hall–Kier alpha value is -0.651. The summed E-state index contributed by atoms with van der Waals surface area (Å²) in [7, 11) is 0. The van der Waals surface area contributed by atoms with Crippen molar-refractivity contribution in [1.29, 1.82) is 0 Å². The van der Waals surface area contributed by atoms with Crippen LogP contribution in [0.25, 0.3) is 0 Å². The minimum Gasteiger partial charge on any atom is -0.455 e. The predicted molar refractivity (Wildman–Crippen MR) is 34.8 cm³/mol. The molecule has 0 saturated heterocycles. The topological polar surface area (TPSA) is 0 Å². The molecule has 0 nitrogen and oxygen atoms in total. The van der Waals surface area contributed by atoms with Crippen LogP contribution in [0.3, 0.4) is 0 Å². The van der Waals surface area contributed by atoms with E-state index in [-0.39, 0.29) is 17.1 Å². The number of halogens is 13. The van der Waals surface area contributed by atoms with Crippen LogP contribution in [0.15, 0.2) is 5.83 Å². The third kappa shape index (κ3) is 3.10. The largest absolute Gasteiger partial charge is 1.00 e.